The molecule has 1 rings (SSSR count). The average molecular weight is 212 g/mol. The van der Waals surface area contributed by atoms with E-state index in [2.05, 4.69) is 5.10 Å². The van der Waals surface area contributed by atoms with Gasteiger partial charge >= 0.3 is 5.69 Å². The lowest BCUT2D eigenvalue weighted by molar-refractivity contribution is -0.386. The van der Waals surface area contributed by atoms with Crippen molar-refractivity contribution in [1.82, 2.24) is 9.78 Å². The van der Waals surface area contributed by atoms with Gasteiger partial charge in [-0.25, -0.2) is 8.78 Å². The molecule has 13 heavy (non-hydrogen) atoms. The maximum atomic E-state index is 12.1. The Bertz CT molecular complexity index is 352. The number of alkyl halides is 2. The minimum atomic E-state index is -3.00. The fraction of sp³-hybridized carbons (Fsp3) is 0.400. The Morgan fingerprint density at radius 1 is 1.69 bits per heavy atom. The Balaban J connectivity index is 3.35. The second-order valence-electron chi connectivity index (χ2n) is 2.21. The van der Waals surface area contributed by atoms with Gasteiger partial charge in [0, 0.05) is 7.05 Å². The first kappa shape index (κ1) is 9.85. The molecule has 0 aliphatic carbocycles. The van der Waals surface area contributed by atoms with Crippen molar-refractivity contribution in [3.63, 3.8) is 0 Å². The van der Waals surface area contributed by atoms with Crippen molar-refractivity contribution in [2.24, 2.45) is 7.05 Å². The molecule has 72 valence electrons. The first-order valence-electron chi connectivity index (χ1n) is 3.10. The number of nitro groups is 1. The fourth-order valence-electron chi connectivity index (χ4n) is 0.828. The molecule has 0 saturated heterocycles. The largest absolute Gasteiger partial charge is 0.334 e. The Morgan fingerprint density at radius 2 is 2.23 bits per heavy atom. The predicted octanol–water partition coefficient (Wildman–Crippen LogP) is 1.92. The number of aryl methyl sites for hydroxylation is 1. The van der Waals surface area contributed by atoms with Crippen molar-refractivity contribution in [3.05, 3.63) is 21.0 Å². The van der Waals surface area contributed by atoms with Crippen molar-refractivity contribution >= 4 is 17.3 Å². The molecule has 0 N–H and O–H groups in total. The van der Waals surface area contributed by atoms with Gasteiger partial charge in [-0.05, 0) is 0 Å². The fourth-order valence-corrected chi connectivity index (χ4v) is 1.03. The molecule has 0 atom stereocenters. The SMILES string of the molecule is Cn1nc(C(F)F)c([N+](=O)[O-])c1Cl. The average Bonchev–Trinajstić information content (AvgIpc) is 2.28. The first-order chi connectivity index (χ1) is 5.95. The summed E-state index contributed by atoms with van der Waals surface area (Å²) in [6, 6.07) is 0. The standard InChI is InChI=1S/C5H4ClF2N3O2/c1-10-4(6)3(11(12)13)2(9-10)5(7)8/h5H,1H3. The molecule has 1 aromatic rings. The summed E-state index contributed by atoms with van der Waals surface area (Å²) in [5.41, 5.74) is -1.74. The summed E-state index contributed by atoms with van der Waals surface area (Å²) in [5, 5.41) is 13.1. The molecule has 5 nitrogen and oxygen atoms in total. The van der Waals surface area contributed by atoms with Crippen LogP contribution in [0.5, 0.6) is 0 Å². The van der Waals surface area contributed by atoms with Gasteiger partial charge in [-0.1, -0.05) is 11.6 Å². The third kappa shape index (κ3) is 1.59. The van der Waals surface area contributed by atoms with E-state index in [4.69, 9.17) is 11.6 Å². The van der Waals surface area contributed by atoms with Gasteiger partial charge in [-0.2, -0.15) is 5.10 Å². The molecule has 0 unspecified atom stereocenters. The summed E-state index contributed by atoms with van der Waals surface area (Å²) < 4.78 is 25.1. The summed E-state index contributed by atoms with van der Waals surface area (Å²) in [5.74, 6) is 0. The molecular formula is C5H4ClF2N3O2. The highest BCUT2D eigenvalue weighted by molar-refractivity contribution is 6.31. The molecule has 0 saturated carbocycles. The third-order valence-electron chi connectivity index (χ3n) is 1.37. The van der Waals surface area contributed by atoms with Gasteiger partial charge in [-0.3, -0.25) is 14.8 Å². The van der Waals surface area contributed by atoms with Crippen LogP contribution < -0.4 is 0 Å². The number of halogens is 3. The van der Waals surface area contributed by atoms with Gasteiger partial charge in [0.1, 0.15) is 0 Å². The van der Waals surface area contributed by atoms with E-state index in [1.165, 1.54) is 7.05 Å². The Kier molecular flexibility index (Phi) is 2.46. The van der Waals surface area contributed by atoms with Crippen molar-refractivity contribution in [2.75, 3.05) is 0 Å². The van der Waals surface area contributed by atoms with Crippen molar-refractivity contribution in [3.8, 4) is 0 Å². The lowest BCUT2D eigenvalue weighted by Gasteiger charge is -1.91. The number of rotatable bonds is 2. The van der Waals surface area contributed by atoms with E-state index in [0.717, 1.165) is 4.68 Å². The van der Waals surface area contributed by atoms with Crippen LogP contribution in [0, 0.1) is 10.1 Å². The summed E-state index contributed by atoms with van der Waals surface area (Å²) >= 11 is 5.38. The van der Waals surface area contributed by atoms with Crippen LogP contribution in [-0.2, 0) is 7.05 Å². The van der Waals surface area contributed by atoms with E-state index in [1.54, 1.807) is 0 Å². The highest BCUT2D eigenvalue weighted by Gasteiger charge is 2.30. The highest BCUT2D eigenvalue weighted by atomic mass is 35.5. The van der Waals surface area contributed by atoms with Crippen LogP contribution in [0.1, 0.15) is 12.1 Å². The topological polar surface area (TPSA) is 61.0 Å². The minimum Gasteiger partial charge on any atom is -0.258 e. The van der Waals surface area contributed by atoms with Gasteiger partial charge in [0.05, 0.1) is 4.92 Å². The van der Waals surface area contributed by atoms with Gasteiger partial charge in [0.2, 0.25) is 10.8 Å². The third-order valence-corrected chi connectivity index (χ3v) is 1.79. The van der Waals surface area contributed by atoms with Crippen LogP contribution in [-0.4, -0.2) is 14.7 Å². The normalized spacial score (nSPS) is 10.8. The van der Waals surface area contributed by atoms with Crippen molar-refractivity contribution in [2.45, 2.75) is 6.43 Å². The van der Waals surface area contributed by atoms with Crippen molar-refractivity contribution in [1.29, 1.82) is 0 Å². The molecule has 0 fully saturated rings. The van der Waals surface area contributed by atoms with Crippen LogP contribution in [0.15, 0.2) is 0 Å². The number of hydrogen-bond donors (Lipinski definition) is 0. The lowest BCUT2D eigenvalue weighted by Crippen LogP contribution is -1.93. The molecular weight excluding hydrogens is 208 g/mol. The number of aromatic nitrogens is 2. The summed E-state index contributed by atoms with van der Waals surface area (Å²) in [6.45, 7) is 0. The van der Waals surface area contributed by atoms with E-state index in [1.807, 2.05) is 0 Å². The zero-order valence-electron chi connectivity index (χ0n) is 6.37. The number of nitrogens with zero attached hydrogens (tertiary/aromatic N) is 3. The van der Waals surface area contributed by atoms with Crippen LogP contribution >= 0.6 is 11.6 Å². The number of hydrogen-bond acceptors (Lipinski definition) is 3. The zero-order chi connectivity index (χ0) is 10.2. The van der Waals surface area contributed by atoms with Gasteiger partial charge in [0.25, 0.3) is 6.43 Å². The molecule has 0 aliphatic heterocycles. The Labute approximate surface area is 76.1 Å². The van der Waals surface area contributed by atoms with Crippen LogP contribution in [0.3, 0.4) is 0 Å². The molecule has 0 aromatic carbocycles. The van der Waals surface area contributed by atoms with Gasteiger partial charge in [0.15, 0.2) is 0 Å². The first-order valence-corrected chi connectivity index (χ1v) is 3.48. The lowest BCUT2D eigenvalue weighted by atomic mass is 10.4. The molecule has 1 heterocycles. The maximum absolute atomic E-state index is 12.1. The Morgan fingerprint density at radius 3 is 2.54 bits per heavy atom. The summed E-state index contributed by atoms with van der Waals surface area (Å²) in [4.78, 5) is 9.32. The minimum absolute atomic E-state index is 0.402. The van der Waals surface area contributed by atoms with E-state index < -0.39 is 27.9 Å². The molecule has 0 spiro atoms. The van der Waals surface area contributed by atoms with Crippen molar-refractivity contribution < 1.29 is 13.7 Å². The summed E-state index contributed by atoms with van der Waals surface area (Å²) in [7, 11) is 1.25. The van der Waals surface area contributed by atoms with Crippen LogP contribution in [0.4, 0.5) is 14.5 Å². The smallest absolute Gasteiger partial charge is 0.258 e. The van der Waals surface area contributed by atoms with E-state index in [0.29, 0.717) is 0 Å². The van der Waals surface area contributed by atoms with E-state index in [9.17, 15) is 18.9 Å². The highest BCUT2D eigenvalue weighted by Crippen LogP contribution is 2.33. The van der Waals surface area contributed by atoms with Crippen LogP contribution in [0.25, 0.3) is 0 Å². The molecule has 0 aliphatic rings. The zero-order valence-corrected chi connectivity index (χ0v) is 7.13. The molecule has 0 radical (unpaired) electrons. The van der Waals surface area contributed by atoms with Gasteiger partial charge in [-0.15, -0.1) is 0 Å². The van der Waals surface area contributed by atoms with Crippen LogP contribution in [0.2, 0.25) is 5.15 Å². The van der Waals surface area contributed by atoms with E-state index >= 15 is 0 Å². The quantitative estimate of drug-likeness (QED) is 0.555. The molecule has 0 bridgehead atoms. The Hall–Kier alpha value is -1.24. The predicted molar refractivity (Wildman–Crippen MR) is 39.8 cm³/mol. The molecule has 1 aromatic heterocycles. The summed E-state index contributed by atoms with van der Waals surface area (Å²) in [6.07, 6.45) is -3.00. The van der Waals surface area contributed by atoms with E-state index in [-0.39, 0.29) is 0 Å². The van der Waals surface area contributed by atoms with Gasteiger partial charge < -0.3 is 0 Å². The molecule has 8 heteroatoms. The molecule has 0 amide bonds. The maximum Gasteiger partial charge on any atom is 0.334 e. The monoisotopic (exact) mass is 211 g/mol. The second-order valence-corrected chi connectivity index (χ2v) is 2.56. The second kappa shape index (κ2) is 3.25.